The SMILES string of the molecule is CCCCOc1c(Br)cc(C=NNc2nc(C)cs2)cc1OC. The van der Waals surface area contributed by atoms with Crippen molar-refractivity contribution >= 4 is 38.6 Å². The Morgan fingerprint density at radius 1 is 1.43 bits per heavy atom. The third-order valence-corrected chi connectivity index (χ3v) is 4.44. The van der Waals surface area contributed by atoms with E-state index in [9.17, 15) is 0 Å². The lowest BCUT2D eigenvalue weighted by Crippen LogP contribution is -2.01. The van der Waals surface area contributed by atoms with Gasteiger partial charge in [0.15, 0.2) is 11.5 Å². The molecule has 23 heavy (non-hydrogen) atoms. The van der Waals surface area contributed by atoms with Gasteiger partial charge in [-0.15, -0.1) is 11.3 Å². The van der Waals surface area contributed by atoms with Crippen molar-refractivity contribution in [1.29, 1.82) is 0 Å². The lowest BCUT2D eigenvalue weighted by molar-refractivity contribution is 0.286. The van der Waals surface area contributed by atoms with Gasteiger partial charge in [0.05, 0.1) is 30.1 Å². The Bertz CT molecular complexity index is 673. The van der Waals surface area contributed by atoms with Crippen LogP contribution in [0.3, 0.4) is 0 Å². The number of nitrogens with one attached hydrogen (secondary N) is 1. The first kappa shape index (κ1) is 17.7. The lowest BCUT2D eigenvalue weighted by atomic mass is 10.2. The van der Waals surface area contributed by atoms with Crippen molar-refractivity contribution in [2.45, 2.75) is 26.7 Å². The van der Waals surface area contributed by atoms with Crippen LogP contribution >= 0.6 is 27.3 Å². The van der Waals surface area contributed by atoms with Crippen LogP contribution in [0, 0.1) is 6.92 Å². The quantitative estimate of drug-likeness (QED) is 0.393. The van der Waals surface area contributed by atoms with Crippen molar-refractivity contribution in [2.75, 3.05) is 19.1 Å². The first-order valence-electron chi connectivity index (χ1n) is 7.35. The minimum absolute atomic E-state index is 0.670. The third-order valence-electron chi connectivity index (χ3n) is 2.99. The molecule has 2 rings (SSSR count). The number of halogens is 1. The third kappa shape index (κ3) is 5.21. The van der Waals surface area contributed by atoms with Crippen LogP contribution in [-0.2, 0) is 0 Å². The average Bonchev–Trinajstić information content (AvgIpc) is 2.94. The number of rotatable bonds is 8. The first-order chi connectivity index (χ1) is 11.1. The molecule has 1 N–H and O–H groups in total. The van der Waals surface area contributed by atoms with Gasteiger partial charge in [-0.1, -0.05) is 13.3 Å². The highest BCUT2D eigenvalue weighted by molar-refractivity contribution is 9.10. The number of nitrogens with zero attached hydrogens (tertiary/aromatic N) is 2. The van der Waals surface area contributed by atoms with Crippen molar-refractivity contribution in [3.8, 4) is 11.5 Å². The highest BCUT2D eigenvalue weighted by Crippen LogP contribution is 2.36. The van der Waals surface area contributed by atoms with E-state index in [1.54, 1.807) is 13.3 Å². The summed E-state index contributed by atoms with van der Waals surface area (Å²) < 4.78 is 12.1. The molecule has 0 amide bonds. The van der Waals surface area contributed by atoms with Crippen LogP contribution in [0.15, 0.2) is 27.1 Å². The topological polar surface area (TPSA) is 55.7 Å². The Kier molecular flexibility index (Phi) is 6.85. The molecule has 0 aliphatic heterocycles. The van der Waals surface area contributed by atoms with Gasteiger partial charge < -0.3 is 9.47 Å². The van der Waals surface area contributed by atoms with E-state index in [0.717, 1.165) is 39.5 Å². The van der Waals surface area contributed by atoms with Crippen molar-refractivity contribution in [3.63, 3.8) is 0 Å². The van der Waals surface area contributed by atoms with Gasteiger partial charge in [0.25, 0.3) is 0 Å². The molecule has 1 aromatic heterocycles. The number of unbranched alkanes of at least 4 members (excludes halogenated alkanes) is 1. The molecular weight excluding hydrogens is 378 g/mol. The van der Waals surface area contributed by atoms with Crippen LogP contribution in [0.25, 0.3) is 0 Å². The molecule has 0 bridgehead atoms. The van der Waals surface area contributed by atoms with E-state index in [2.05, 4.69) is 38.4 Å². The Balaban J connectivity index is 2.08. The van der Waals surface area contributed by atoms with Crippen molar-refractivity contribution in [2.24, 2.45) is 5.10 Å². The summed E-state index contributed by atoms with van der Waals surface area (Å²) in [5, 5.41) is 6.94. The summed E-state index contributed by atoms with van der Waals surface area (Å²) in [6.07, 6.45) is 3.82. The van der Waals surface area contributed by atoms with E-state index in [1.165, 1.54) is 11.3 Å². The predicted molar refractivity (Wildman–Crippen MR) is 99.2 cm³/mol. The number of hydrogen-bond donors (Lipinski definition) is 1. The van der Waals surface area contributed by atoms with Gasteiger partial charge in [-0.2, -0.15) is 5.10 Å². The number of hydrogen-bond acceptors (Lipinski definition) is 6. The van der Waals surface area contributed by atoms with Gasteiger partial charge in [0.1, 0.15) is 0 Å². The molecule has 7 heteroatoms. The number of thiazole rings is 1. The number of ether oxygens (including phenoxy) is 2. The minimum Gasteiger partial charge on any atom is -0.493 e. The molecule has 1 aromatic carbocycles. The summed E-state index contributed by atoms with van der Waals surface area (Å²) in [6, 6.07) is 3.84. The Morgan fingerprint density at radius 2 is 2.26 bits per heavy atom. The van der Waals surface area contributed by atoms with Gasteiger partial charge in [-0.3, -0.25) is 5.43 Å². The van der Waals surface area contributed by atoms with Crippen molar-refractivity contribution in [3.05, 3.63) is 33.2 Å². The van der Waals surface area contributed by atoms with E-state index in [4.69, 9.17) is 9.47 Å². The molecule has 0 saturated carbocycles. The van der Waals surface area contributed by atoms with Gasteiger partial charge in [0, 0.05) is 5.38 Å². The molecule has 124 valence electrons. The maximum atomic E-state index is 5.79. The van der Waals surface area contributed by atoms with E-state index >= 15 is 0 Å². The molecule has 2 aromatic rings. The highest BCUT2D eigenvalue weighted by atomic mass is 79.9. The molecule has 1 heterocycles. The van der Waals surface area contributed by atoms with E-state index in [0.29, 0.717) is 12.4 Å². The number of benzene rings is 1. The summed E-state index contributed by atoms with van der Waals surface area (Å²) in [7, 11) is 1.63. The number of aromatic nitrogens is 1. The smallest absolute Gasteiger partial charge is 0.203 e. The van der Waals surface area contributed by atoms with Crippen molar-refractivity contribution in [1.82, 2.24) is 4.98 Å². The summed E-state index contributed by atoms with van der Waals surface area (Å²) in [5.41, 5.74) is 4.79. The van der Waals surface area contributed by atoms with Crippen molar-refractivity contribution < 1.29 is 9.47 Å². The Morgan fingerprint density at radius 3 is 2.91 bits per heavy atom. The fraction of sp³-hybridized carbons (Fsp3) is 0.375. The molecule has 0 aliphatic rings. The largest absolute Gasteiger partial charge is 0.493 e. The number of hydrazone groups is 1. The zero-order chi connectivity index (χ0) is 16.7. The molecule has 0 fully saturated rings. The van der Waals surface area contributed by atoms with Gasteiger partial charge in [-0.25, -0.2) is 4.98 Å². The van der Waals surface area contributed by atoms with Gasteiger partial charge >= 0.3 is 0 Å². The van der Waals surface area contributed by atoms with Gasteiger partial charge in [0.2, 0.25) is 5.13 Å². The maximum absolute atomic E-state index is 5.79. The second-order valence-electron chi connectivity index (χ2n) is 4.90. The average molecular weight is 398 g/mol. The van der Waals surface area contributed by atoms with Crippen LogP contribution < -0.4 is 14.9 Å². The molecule has 0 aliphatic carbocycles. The summed E-state index contributed by atoms with van der Waals surface area (Å²) in [4.78, 5) is 4.29. The Labute approximate surface area is 148 Å². The number of aryl methyl sites for hydroxylation is 1. The van der Waals surface area contributed by atoms with Crippen LogP contribution in [-0.4, -0.2) is 24.9 Å². The second kappa shape index (κ2) is 8.88. The van der Waals surface area contributed by atoms with Crippen LogP contribution in [0.1, 0.15) is 31.0 Å². The molecule has 5 nitrogen and oxygen atoms in total. The number of methoxy groups -OCH3 is 1. The summed E-state index contributed by atoms with van der Waals surface area (Å²) >= 11 is 5.05. The normalized spacial score (nSPS) is 11.0. The molecule has 0 radical (unpaired) electrons. The van der Waals surface area contributed by atoms with Crippen LogP contribution in [0.2, 0.25) is 0 Å². The predicted octanol–water partition coefficient (Wildman–Crippen LogP) is 4.85. The number of anilines is 1. The molecule has 0 atom stereocenters. The lowest BCUT2D eigenvalue weighted by Gasteiger charge is -2.13. The minimum atomic E-state index is 0.670. The van der Waals surface area contributed by atoms with E-state index < -0.39 is 0 Å². The van der Waals surface area contributed by atoms with E-state index in [-0.39, 0.29) is 0 Å². The van der Waals surface area contributed by atoms with Gasteiger partial charge in [-0.05, 0) is 47.0 Å². The van der Waals surface area contributed by atoms with Crippen LogP contribution in [0.5, 0.6) is 11.5 Å². The molecule has 0 unspecified atom stereocenters. The first-order valence-corrected chi connectivity index (χ1v) is 9.02. The summed E-state index contributed by atoms with van der Waals surface area (Å²) in [6.45, 7) is 4.75. The zero-order valence-corrected chi connectivity index (χ0v) is 15.8. The second-order valence-corrected chi connectivity index (χ2v) is 6.61. The maximum Gasteiger partial charge on any atom is 0.203 e. The van der Waals surface area contributed by atoms with E-state index in [1.807, 2.05) is 24.4 Å². The molecule has 0 saturated heterocycles. The molecular formula is C16H20BrN3O2S. The Hall–Kier alpha value is -1.60. The zero-order valence-electron chi connectivity index (χ0n) is 13.4. The molecule has 0 spiro atoms. The monoisotopic (exact) mass is 397 g/mol. The summed E-state index contributed by atoms with van der Waals surface area (Å²) in [5.74, 6) is 1.41. The highest BCUT2D eigenvalue weighted by Gasteiger charge is 2.11. The fourth-order valence-corrected chi connectivity index (χ4v) is 3.05. The van der Waals surface area contributed by atoms with Crippen LogP contribution in [0.4, 0.5) is 5.13 Å². The fourth-order valence-electron chi connectivity index (χ4n) is 1.84. The standard InChI is InChI=1S/C16H20BrN3O2S/c1-4-5-6-22-15-13(17)7-12(8-14(15)21-3)9-18-20-16-19-11(2)10-23-16/h7-10H,4-6H2,1-3H3,(H,19,20).